The van der Waals surface area contributed by atoms with E-state index in [4.69, 9.17) is 16.7 Å². The number of phenolic OH excluding ortho intramolecular Hbond substituents is 1. The molecule has 0 saturated heterocycles. The van der Waals surface area contributed by atoms with E-state index in [9.17, 15) is 24.4 Å². The fraction of sp³-hybridized carbons (Fsp3) is 0. The first-order chi connectivity index (χ1) is 9.82. The van der Waals surface area contributed by atoms with Gasteiger partial charge in [-0.15, -0.1) is 0 Å². The minimum absolute atomic E-state index is 0.216. The van der Waals surface area contributed by atoms with E-state index in [0.717, 1.165) is 18.2 Å². The predicted octanol–water partition coefficient (Wildman–Crippen LogP) is 3.46. The van der Waals surface area contributed by atoms with Gasteiger partial charge in [0.1, 0.15) is 5.82 Å². The third kappa shape index (κ3) is 2.63. The lowest BCUT2D eigenvalue weighted by Crippen LogP contribution is -1.99. The molecule has 0 fully saturated rings. The molecule has 0 spiro atoms. The number of hydrogen-bond acceptors (Lipinski definition) is 4. The van der Waals surface area contributed by atoms with Crippen LogP contribution >= 0.6 is 11.6 Å². The number of aromatic hydroxyl groups is 1. The van der Waals surface area contributed by atoms with Crippen molar-refractivity contribution in [3.05, 3.63) is 56.8 Å². The van der Waals surface area contributed by atoms with Crippen LogP contribution in [0.4, 0.5) is 10.1 Å². The lowest BCUT2D eigenvalue weighted by molar-refractivity contribution is -0.385. The summed E-state index contributed by atoms with van der Waals surface area (Å²) in [5.74, 6) is -3.08. The number of nitrogens with zero attached hydrogens (tertiary/aromatic N) is 1. The van der Waals surface area contributed by atoms with Gasteiger partial charge in [0.2, 0.25) is 5.75 Å². The molecule has 0 amide bonds. The highest BCUT2D eigenvalue weighted by molar-refractivity contribution is 6.31. The Labute approximate surface area is 122 Å². The van der Waals surface area contributed by atoms with Gasteiger partial charge < -0.3 is 10.2 Å². The number of benzene rings is 2. The number of carbonyl (C=O) groups is 1. The first-order valence-corrected chi connectivity index (χ1v) is 5.89. The molecule has 0 saturated carbocycles. The average molecular weight is 312 g/mol. The van der Waals surface area contributed by atoms with Gasteiger partial charge in [0.15, 0.2) is 0 Å². The van der Waals surface area contributed by atoms with Crippen LogP contribution < -0.4 is 0 Å². The zero-order chi connectivity index (χ0) is 15.7. The molecule has 0 aliphatic heterocycles. The van der Waals surface area contributed by atoms with Crippen molar-refractivity contribution in [3.63, 3.8) is 0 Å². The van der Waals surface area contributed by atoms with Crippen molar-refractivity contribution in [1.29, 1.82) is 0 Å². The molecule has 0 heterocycles. The van der Waals surface area contributed by atoms with E-state index in [-0.39, 0.29) is 16.7 Å². The molecule has 0 aromatic heterocycles. The molecular formula is C13H7ClFNO5. The second-order valence-electron chi connectivity index (χ2n) is 4.06. The molecule has 2 aromatic rings. The fourth-order valence-electron chi connectivity index (χ4n) is 1.80. The SMILES string of the molecule is O=C(O)c1cc(Cl)c(F)c(-c2cccc([N+](=O)[O-])c2O)c1. The monoisotopic (exact) mass is 311 g/mol. The lowest BCUT2D eigenvalue weighted by atomic mass is 10.0. The summed E-state index contributed by atoms with van der Waals surface area (Å²) in [6.07, 6.45) is 0. The van der Waals surface area contributed by atoms with Gasteiger partial charge in [0, 0.05) is 17.2 Å². The summed E-state index contributed by atoms with van der Waals surface area (Å²) in [7, 11) is 0. The number of phenols is 1. The van der Waals surface area contributed by atoms with Gasteiger partial charge in [0.05, 0.1) is 15.5 Å². The summed E-state index contributed by atoms with van der Waals surface area (Å²) in [6, 6.07) is 5.37. The summed E-state index contributed by atoms with van der Waals surface area (Å²) in [5, 5.41) is 29.1. The Balaban J connectivity index is 2.75. The summed E-state index contributed by atoms with van der Waals surface area (Å²) in [6.45, 7) is 0. The van der Waals surface area contributed by atoms with Crippen LogP contribution in [0.5, 0.6) is 5.75 Å². The molecule has 2 N–H and O–H groups in total. The normalized spacial score (nSPS) is 10.4. The molecule has 0 bridgehead atoms. The Morgan fingerprint density at radius 3 is 2.52 bits per heavy atom. The van der Waals surface area contributed by atoms with Crippen LogP contribution in [0.25, 0.3) is 11.1 Å². The summed E-state index contributed by atoms with van der Waals surface area (Å²) in [5.41, 5.74) is -1.47. The number of halogens is 2. The molecule has 2 aromatic carbocycles. The van der Waals surface area contributed by atoms with Crippen molar-refractivity contribution in [2.45, 2.75) is 0 Å². The number of carboxylic acid groups (broad SMARTS) is 1. The minimum atomic E-state index is -1.34. The second kappa shape index (κ2) is 5.37. The number of carboxylic acids is 1. The van der Waals surface area contributed by atoms with E-state index >= 15 is 0 Å². The standard InChI is InChI=1S/C13H7ClFNO5/c14-9-5-6(13(18)19)4-8(11(9)15)7-2-1-3-10(12(7)17)16(20)21/h1-5,17H,(H,18,19). The van der Waals surface area contributed by atoms with Gasteiger partial charge in [-0.25, -0.2) is 9.18 Å². The van der Waals surface area contributed by atoms with Crippen molar-refractivity contribution >= 4 is 23.3 Å². The van der Waals surface area contributed by atoms with Crippen LogP contribution in [0.15, 0.2) is 30.3 Å². The zero-order valence-corrected chi connectivity index (χ0v) is 11.0. The van der Waals surface area contributed by atoms with E-state index in [1.165, 1.54) is 12.1 Å². The molecule has 0 radical (unpaired) electrons. The Morgan fingerprint density at radius 2 is 1.95 bits per heavy atom. The maximum atomic E-state index is 14.0. The molecule has 0 unspecified atom stereocenters. The molecule has 0 aliphatic rings. The first kappa shape index (κ1) is 14.7. The van der Waals surface area contributed by atoms with Crippen molar-refractivity contribution in [2.24, 2.45) is 0 Å². The highest BCUT2D eigenvalue weighted by Gasteiger charge is 2.22. The summed E-state index contributed by atoms with van der Waals surface area (Å²) >= 11 is 5.61. The maximum Gasteiger partial charge on any atom is 0.335 e. The Morgan fingerprint density at radius 1 is 1.29 bits per heavy atom. The second-order valence-corrected chi connectivity index (χ2v) is 4.46. The highest BCUT2D eigenvalue weighted by atomic mass is 35.5. The van der Waals surface area contributed by atoms with Crippen molar-refractivity contribution in [3.8, 4) is 16.9 Å². The number of hydrogen-bond donors (Lipinski definition) is 2. The smallest absolute Gasteiger partial charge is 0.335 e. The zero-order valence-electron chi connectivity index (χ0n) is 10.2. The molecule has 21 heavy (non-hydrogen) atoms. The molecule has 0 atom stereocenters. The van der Waals surface area contributed by atoms with Gasteiger partial charge in [-0.05, 0) is 12.1 Å². The van der Waals surface area contributed by atoms with Gasteiger partial charge in [0.25, 0.3) is 0 Å². The van der Waals surface area contributed by atoms with E-state index in [0.29, 0.717) is 0 Å². The average Bonchev–Trinajstić information content (AvgIpc) is 2.41. The van der Waals surface area contributed by atoms with Crippen LogP contribution in [0, 0.1) is 15.9 Å². The Bertz CT molecular complexity index is 762. The maximum absolute atomic E-state index is 14.0. The molecular weight excluding hydrogens is 305 g/mol. The summed E-state index contributed by atoms with van der Waals surface area (Å²) < 4.78 is 14.0. The van der Waals surface area contributed by atoms with Crippen LogP contribution in [-0.2, 0) is 0 Å². The number of nitro groups is 1. The molecule has 2 rings (SSSR count). The number of para-hydroxylation sites is 1. The van der Waals surface area contributed by atoms with Crippen molar-refractivity contribution < 1.29 is 24.3 Å². The van der Waals surface area contributed by atoms with Crippen LogP contribution in [0.1, 0.15) is 10.4 Å². The van der Waals surface area contributed by atoms with E-state index < -0.39 is 33.2 Å². The predicted molar refractivity (Wildman–Crippen MR) is 72.1 cm³/mol. The van der Waals surface area contributed by atoms with Gasteiger partial charge in [-0.2, -0.15) is 0 Å². The Kier molecular flexibility index (Phi) is 3.77. The minimum Gasteiger partial charge on any atom is -0.502 e. The van der Waals surface area contributed by atoms with E-state index in [1.807, 2.05) is 0 Å². The van der Waals surface area contributed by atoms with E-state index in [1.54, 1.807) is 0 Å². The van der Waals surface area contributed by atoms with Crippen LogP contribution in [-0.4, -0.2) is 21.1 Å². The first-order valence-electron chi connectivity index (χ1n) is 5.52. The van der Waals surface area contributed by atoms with Gasteiger partial charge >= 0.3 is 11.7 Å². The molecule has 8 heteroatoms. The van der Waals surface area contributed by atoms with Crippen LogP contribution in [0.3, 0.4) is 0 Å². The van der Waals surface area contributed by atoms with Crippen LogP contribution in [0.2, 0.25) is 5.02 Å². The summed E-state index contributed by atoms with van der Waals surface area (Å²) in [4.78, 5) is 20.9. The topological polar surface area (TPSA) is 101 Å². The lowest BCUT2D eigenvalue weighted by Gasteiger charge is -2.09. The Hall–Kier alpha value is -2.67. The fourth-order valence-corrected chi connectivity index (χ4v) is 2.02. The number of aromatic carboxylic acids is 1. The highest BCUT2D eigenvalue weighted by Crippen LogP contribution is 2.39. The third-order valence-corrected chi connectivity index (χ3v) is 3.05. The quantitative estimate of drug-likeness (QED) is 0.667. The van der Waals surface area contributed by atoms with Gasteiger partial charge in [-0.1, -0.05) is 23.7 Å². The number of nitro benzene ring substituents is 1. The van der Waals surface area contributed by atoms with Crippen molar-refractivity contribution in [2.75, 3.05) is 0 Å². The molecule has 0 aliphatic carbocycles. The van der Waals surface area contributed by atoms with Gasteiger partial charge in [-0.3, -0.25) is 10.1 Å². The molecule has 108 valence electrons. The number of rotatable bonds is 3. The third-order valence-electron chi connectivity index (χ3n) is 2.78. The largest absolute Gasteiger partial charge is 0.502 e. The van der Waals surface area contributed by atoms with E-state index in [2.05, 4.69) is 0 Å². The molecule has 6 nitrogen and oxygen atoms in total. The van der Waals surface area contributed by atoms with Crippen molar-refractivity contribution in [1.82, 2.24) is 0 Å².